The van der Waals surface area contributed by atoms with Crippen molar-refractivity contribution in [2.75, 3.05) is 26.2 Å². The summed E-state index contributed by atoms with van der Waals surface area (Å²) in [5.41, 5.74) is 2.40. The molecule has 4 aromatic rings. The average Bonchev–Trinajstić information content (AvgIpc) is 3.85. The fourth-order valence-corrected chi connectivity index (χ4v) is 7.55. The minimum absolute atomic E-state index is 0.282. The second kappa shape index (κ2) is 12.7. The lowest BCUT2D eigenvalue weighted by atomic mass is 9.94. The second-order valence-corrected chi connectivity index (χ2v) is 13.8. The number of alkyl halides is 3. The van der Waals surface area contributed by atoms with Gasteiger partial charge in [-0.15, -0.1) is 0 Å². The lowest BCUT2D eigenvalue weighted by Crippen LogP contribution is -2.46. The summed E-state index contributed by atoms with van der Waals surface area (Å²) in [5.74, 6) is -0.282. The van der Waals surface area contributed by atoms with Gasteiger partial charge < -0.3 is 10.2 Å². The van der Waals surface area contributed by atoms with Crippen molar-refractivity contribution in [3.63, 3.8) is 0 Å². The van der Waals surface area contributed by atoms with Crippen molar-refractivity contribution in [3.8, 4) is 11.3 Å². The van der Waals surface area contributed by atoms with Crippen LogP contribution in [0.4, 0.5) is 13.2 Å². The Morgan fingerprint density at radius 2 is 1.70 bits per heavy atom. The molecule has 1 amide bonds. The zero-order chi connectivity index (χ0) is 31.9. The average molecular weight is 693 g/mol. The van der Waals surface area contributed by atoms with E-state index >= 15 is 0 Å². The highest BCUT2D eigenvalue weighted by atomic mass is 79.9. The highest BCUT2D eigenvalue weighted by Gasteiger charge is 2.46. The molecular weight excluding hydrogens is 655 g/mol. The van der Waals surface area contributed by atoms with E-state index < -0.39 is 17.3 Å². The van der Waals surface area contributed by atoms with E-state index in [1.165, 1.54) is 25.3 Å². The summed E-state index contributed by atoms with van der Waals surface area (Å²) in [6.07, 6.45) is 4.57. The number of nitrogens with zero attached hydrogens (tertiary/aromatic N) is 4. The van der Waals surface area contributed by atoms with Crippen molar-refractivity contribution in [2.45, 2.75) is 69.2 Å². The van der Waals surface area contributed by atoms with E-state index in [-0.39, 0.29) is 5.91 Å². The molecule has 3 aliphatic rings. The van der Waals surface area contributed by atoms with Crippen LogP contribution < -0.4 is 5.32 Å². The van der Waals surface area contributed by atoms with Crippen LogP contribution in [0.3, 0.4) is 0 Å². The third-order valence-electron chi connectivity index (χ3n) is 9.86. The smallest absolute Gasteiger partial charge is 0.342 e. The number of aromatic nitrogens is 2. The largest absolute Gasteiger partial charge is 0.416 e. The molecule has 0 unspecified atom stereocenters. The summed E-state index contributed by atoms with van der Waals surface area (Å²) < 4.78 is 42.4. The van der Waals surface area contributed by atoms with E-state index in [1.54, 1.807) is 18.3 Å². The predicted octanol–water partition coefficient (Wildman–Crippen LogP) is 7.95. The molecule has 1 saturated carbocycles. The molecule has 6 nitrogen and oxygen atoms in total. The first-order valence-electron chi connectivity index (χ1n) is 16.2. The van der Waals surface area contributed by atoms with Crippen molar-refractivity contribution in [3.05, 3.63) is 93.6 Å². The Morgan fingerprint density at radius 1 is 0.957 bits per heavy atom. The Balaban J connectivity index is 1.31. The monoisotopic (exact) mass is 691 g/mol. The summed E-state index contributed by atoms with van der Waals surface area (Å²) in [7, 11) is 0. The maximum Gasteiger partial charge on any atom is 0.416 e. The van der Waals surface area contributed by atoms with Gasteiger partial charge in [-0.2, -0.15) is 13.2 Å². The highest BCUT2D eigenvalue weighted by Crippen LogP contribution is 2.46. The van der Waals surface area contributed by atoms with Crippen molar-refractivity contribution >= 4 is 32.9 Å². The van der Waals surface area contributed by atoms with Gasteiger partial charge in [0, 0.05) is 34.4 Å². The number of piperidine rings is 2. The van der Waals surface area contributed by atoms with Crippen LogP contribution in [0.25, 0.3) is 22.3 Å². The fraction of sp³-hybridized carbons (Fsp3) is 0.417. The minimum Gasteiger partial charge on any atom is -0.342 e. The Kier molecular flexibility index (Phi) is 8.63. The Hall–Kier alpha value is -3.34. The summed E-state index contributed by atoms with van der Waals surface area (Å²) in [6, 6.07) is 17.5. The molecule has 0 radical (unpaired) electrons. The molecule has 3 fully saturated rings. The number of carbonyl (C=O) groups excluding carboxylic acids is 1. The van der Waals surface area contributed by atoms with Crippen molar-refractivity contribution in [1.29, 1.82) is 0 Å². The van der Waals surface area contributed by atoms with Gasteiger partial charge in [0.2, 0.25) is 0 Å². The maximum atomic E-state index is 14.5. The molecule has 2 aromatic carbocycles. The minimum atomic E-state index is -4.51. The molecule has 2 saturated heterocycles. The molecule has 0 spiro atoms. The number of amides is 1. The molecule has 0 bridgehead atoms. The summed E-state index contributed by atoms with van der Waals surface area (Å²) in [6.45, 7) is 4.36. The zero-order valence-electron chi connectivity index (χ0n) is 25.6. The molecule has 1 N–H and O–H groups in total. The molecule has 2 aliphatic heterocycles. The highest BCUT2D eigenvalue weighted by molar-refractivity contribution is 9.10. The van der Waals surface area contributed by atoms with Gasteiger partial charge >= 0.3 is 6.18 Å². The fourth-order valence-electron chi connectivity index (χ4n) is 7.23. The number of benzene rings is 2. The van der Waals surface area contributed by atoms with E-state index in [1.807, 2.05) is 30.3 Å². The first kappa shape index (κ1) is 31.3. The lowest BCUT2D eigenvalue weighted by molar-refractivity contribution is -0.137. The molecule has 7 rings (SSSR count). The Morgan fingerprint density at radius 3 is 2.39 bits per heavy atom. The van der Waals surface area contributed by atoms with Gasteiger partial charge in [-0.25, -0.2) is 4.98 Å². The number of pyridine rings is 2. The van der Waals surface area contributed by atoms with Crippen LogP contribution in [0.15, 0.2) is 71.3 Å². The first-order valence-corrected chi connectivity index (χ1v) is 17.0. The van der Waals surface area contributed by atoms with Crippen LogP contribution >= 0.6 is 15.9 Å². The zero-order valence-corrected chi connectivity index (χ0v) is 27.2. The van der Waals surface area contributed by atoms with Crippen LogP contribution in [0.2, 0.25) is 0 Å². The number of hydrogen-bond acceptors (Lipinski definition) is 5. The van der Waals surface area contributed by atoms with Gasteiger partial charge in [0.05, 0.1) is 27.9 Å². The molecule has 240 valence electrons. The van der Waals surface area contributed by atoms with Crippen LogP contribution in [0.1, 0.15) is 72.0 Å². The Labute approximate surface area is 275 Å². The molecular formula is C36H37BrF3N5O. The van der Waals surface area contributed by atoms with Gasteiger partial charge in [-0.1, -0.05) is 48.9 Å². The van der Waals surface area contributed by atoms with E-state index in [9.17, 15) is 18.0 Å². The second-order valence-electron chi connectivity index (χ2n) is 12.9. The summed E-state index contributed by atoms with van der Waals surface area (Å²) in [5, 5.41) is 3.33. The Bertz CT molecular complexity index is 1730. The lowest BCUT2D eigenvalue weighted by Gasteiger charge is -2.40. The van der Waals surface area contributed by atoms with Gasteiger partial charge in [-0.3, -0.25) is 14.7 Å². The van der Waals surface area contributed by atoms with E-state index in [0.717, 1.165) is 69.6 Å². The predicted molar refractivity (Wildman–Crippen MR) is 176 cm³/mol. The maximum absolute atomic E-state index is 14.5. The van der Waals surface area contributed by atoms with Gasteiger partial charge in [0.1, 0.15) is 5.52 Å². The topological polar surface area (TPSA) is 61.4 Å². The quantitative estimate of drug-likeness (QED) is 0.213. The van der Waals surface area contributed by atoms with Gasteiger partial charge in [0.15, 0.2) is 0 Å². The van der Waals surface area contributed by atoms with Crippen LogP contribution in [0.5, 0.6) is 0 Å². The van der Waals surface area contributed by atoms with E-state index in [2.05, 4.69) is 36.0 Å². The van der Waals surface area contributed by atoms with Crippen LogP contribution in [-0.4, -0.2) is 57.9 Å². The van der Waals surface area contributed by atoms with E-state index in [4.69, 9.17) is 4.98 Å². The van der Waals surface area contributed by atoms with Crippen molar-refractivity contribution < 1.29 is 18.0 Å². The molecule has 10 heteroatoms. The number of nitrogens with one attached hydrogen (secondary N) is 1. The van der Waals surface area contributed by atoms with E-state index in [0.29, 0.717) is 50.5 Å². The number of hydrogen-bond donors (Lipinski definition) is 1. The third-order valence-corrected chi connectivity index (χ3v) is 10.3. The molecule has 1 aliphatic carbocycles. The molecule has 0 atom stereocenters. The standard InChI is InChI=1S/C36H37BrF3N5O/c37-27-21-30-33(41-22-27)31(34(46)43-35(14-15-35)25-9-3-1-4-10-25)29(32(42-30)24-8-7-11-26(20-24)36(38,39)40)23-44-18-12-28(13-19-44)45-16-5-2-6-17-45/h1,3-4,7-11,20-22,28H,2,5-6,12-19,23H2,(H,43,46). The SMILES string of the molecule is O=C(NC1(c2ccccc2)CC1)c1c(CN2CCC(N3CCCCC3)CC2)c(-c2cccc(C(F)(F)F)c2)nc2cc(Br)cnc12. The first-order chi connectivity index (χ1) is 22.2. The number of fused-ring (bicyclic) bond motifs is 1. The van der Waals surface area contributed by atoms with Gasteiger partial charge in [-0.05, 0) is 104 Å². The summed E-state index contributed by atoms with van der Waals surface area (Å²) in [4.78, 5) is 29.0. The van der Waals surface area contributed by atoms with Gasteiger partial charge in [0.25, 0.3) is 5.91 Å². The molecule has 4 heterocycles. The number of carbonyl (C=O) groups is 1. The molecule has 2 aromatic heterocycles. The summed E-state index contributed by atoms with van der Waals surface area (Å²) >= 11 is 3.47. The number of halogens is 4. The normalized spacial score (nSPS) is 19.3. The van der Waals surface area contributed by atoms with Crippen molar-refractivity contribution in [1.82, 2.24) is 25.1 Å². The molecule has 46 heavy (non-hydrogen) atoms. The number of rotatable bonds is 7. The third kappa shape index (κ3) is 6.44. The number of likely N-dealkylation sites (tertiary alicyclic amines) is 2. The van der Waals surface area contributed by atoms with Crippen LogP contribution in [-0.2, 0) is 18.3 Å². The van der Waals surface area contributed by atoms with Crippen molar-refractivity contribution in [2.24, 2.45) is 0 Å². The van der Waals surface area contributed by atoms with Crippen LogP contribution in [0, 0.1) is 0 Å².